The topological polar surface area (TPSA) is 65.7 Å². The largest absolute Gasteiger partial charge is 0.411 e. The molecule has 0 radical (unpaired) electrons. The van der Waals surface area contributed by atoms with Gasteiger partial charge in [-0.05, 0) is 19.1 Å². The summed E-state index contributed by atoms with van der Waals surface area (Å²) in [6.45, 7) is 1.93. The van der Waals surface area contributed by atoms with E-state index in [9.17, 15) is 4.39 Å². The molecule has 1 heterocycles. The Labute approximate surface area is 75.4 Å². The summed E-state index contributed by atoms with van der Waals surface area (Å²) in [6, 6.07) is 2.65. The summed E-state index contributed by atoms with van der Waals surface area (Å²) >= 11 is 0. The maximum atomic E-state index is 12.2. The second-order valence-corrected chi connectivity index (χ2v) is 1.96. The fraction of sp³-hybridized carbons (Fsp3) is 0.250. The van der Waals surface area contributed by atoms with Crippen molar-refractivity contribution >= 4 is 6.21 Å². The summed E-state index contributed by atoms with van der Waals surface area (Å²) in [4.78, 5) is 3.58. The third-order valence-electron chi connectivity index (χ3n) is 0.940. The van der Waals surface area contributed by atoms with Crippen LogP contribution in [0.15, 0.2) is 23.5 Å². The van der Waals surface area contributed by atoms with Crippen LogP contribution in [0.1, 0.15) is 12.6 Å². The molecule has 0 aromatic carbocycles. The minimum absolute atomic E-state index is 0.250. The molecule has 0 fully saturated rings. The molecule has 1 aromatic rings. The summed E-state index contributed by atoms with van der Waals surface area (Å²) < 4.78 is 12.2. The van der Waals surface area contributed by atoms with Gasteiger partial charge in [-0.15, -0.1) is 0 Å². The van der Waals surface area contributed by atoms with Crippen molar-refractivity contribution in [2.75, 3.05) is 6.61 Å². The van der Waals surface area contributed by atoms with Gasteiger partial charge in [-0.1, -0.05) is 5.16 Å². The molecular weight excluding hydrogens is 175 g/mol. The predicted molar refractivity (Wildman–Crippen MR) is 46.3 cm³/mol. The van der Waals surface area contributed by atoms with Gasteiger partial charge in [-0.25, -0.2) is 4.39 Å². The van der Waals surface area contributed by atoms with Crippen LogP contribution in [0.3, 0.4) is 0 Å². The number of hydrogen-bond donors (Lipinski definition) is 2. The molecule has 0 unspecified atom stereocenters. The van der Waals surface area contributed by atoms with Crippen molar-refractivity contribution < 1.29 is 14.7 Å². The lowest BCUT2D eigenvalue weighted by molar-refractivity contribution is 0.318. The Balaban J connectivity index is 0.000000424. The van der Waals surface area contributed by atoms with E-state index in [2.05, 4.69) is 10.1 Å². The summed E-state index contributed by atoms with van der Waals surface area (Å²) in [5.74, 6) is -0.407. The number of nitrogens with zero attached hydrogens (tertiary/aromatic N) is 2. The first-order chi connectivity index (χ1) is 6.24. The normalized spacial score (nSPS) is 9.46. The van der Waals surface area contributed by atoms with E-state index in [-0.39, 0.29) is 6.61 Å². The monoisotopic (exact) mass is 186 g/mol. The van der Waals surface area contributed by atoms with Crippen LogP contribution in [0.2, 0.25) is 0 Å². The molecule has 1 rings (SSSR count). The van der Waals surface area contributed by atoms with E-state index in [1.807, 2.05) is 0 Å². The molecule has 0 aliphatic heterocycles. The van der Waals surface area contributed by atoms with Gasteiger partial charge in [0.1, 0.15) is 5.82 Å². The summed E-state index contributed by atoms with van der Waals surface area (Å²) in [6.07, 6.45) is 2.18. The van der Waals surface area contributed by atoms with Crippen LogP contribution in [0.4, 0.5) is 4.39 Å². The smallest absolute Gasteiger partial charge is 0.141 e. The van der Waals surface area contributed by atoms with Crippen molar-refractivity contribution in [3.63, 3.8) is 0 Å². The van der Waals surface area contributed by atoms with Crippen LogP contribution in [-0.2, 0) is 0 Å². The van der Waals surface area contributed by atoms with Crippen LogP contribution >= 0.6 is 0 Å². The molecule has 0 spiro atoms. The van der Waals surface area contributed by atoms with Crippen LogP contribution in [0.25, 0.3) is 0 Å². The van der Waals surface area contributed by atoms with Crippen LogP contribution in [0.5, 0.6) is 0 Å². The summed E-state index contributed by atoms with van der Waals surface area (Å²) in [7, 11) is 0. The molecule has 0 bridgehead atoms. The SMILES string of the molecule is CCO.ON=Cc1ccc(F)cn1. The van der Waals surface area contributed by atoms with E-state index in [0.717, 1.165) is 12.4 Å². The van der Waals surface area contributed by atoms with Crippen molar-refractivity contribution in [1.29, 1.82) is 0 Å². The Kier molecular flexibility index (Phi) is 6.35. The van der Waals surface area contributed by atoms with Gasteiger partial charge >= 0.3 is 0 Å². The Morgan fingerprint density at radius 1 is 1.62 bits per heavy atom. The molecule has 4 nitrogen and oxygen atoms in total. The average molecular weight is 186 g/mol. The zero-order valence-electron chi connectivity index (χ0n) is 7.18. The van der Waals surface area contributed by atoms with Gasteiger partial charge in [0.05, 0.1) is 18.1 Å². The van der Waals surface area contributed by atoms with E-state index in [4.69, 9.17) is 10.3 Å². The number of rotatable bonds is 1. The second kappa shape index (κ2) is 7.17. The quantitative estimate of drug-likeness (QED) is 0.391. The number of hydrogen-bond acceptors (Lipinski definition) is 4. The Morgan fingerprint density at radius 2 is 2.23 bits per heavy atom. The third-order valence-corrected chi connectivity index (χ3v) is 0.940. The van der Waals surface area contributed by atoms with Crippen molar-refractivity contribution in [3.8, 4) is 0 Å². The van der Waals surface area contributed by atoms with Gasteiger partial charge < -0.3 is 10.3 Å². The lowest BCUT2D eigenvalue weighted by Crippen LogP contribution is -1.86. The molecule has 0 saturated heterocycles. The predicted octanol–water partition coefficient (Wildman–Crippen LogP) is 1.03. The highest BCUT2D eigenvalue weighted by Crippen LogP contribution is 1.94. The van der Waals surface area contributed by atoms with E-state index in [0.29, 0.717) is 5.69 Å². The number of halogens is 1. The van der Waals surface area contributed by atoms with Gasteiger partial charge in [0.25, 0.3) is 0 Å². The van der Waals surface area contributed by atoms with Crippen LogP contribution in [-0.4, -0.2) is 28.1 Å². The molecule has 2 N–H and O–H groups in total. The molecule has 5 heteroatoms. The number of pyridine rings is 1. The first kappa shape index (κ1) is 11.5. The zero-order valence-corrected chi connectivity index (χ0v) is 7.18. The van der Waals surface area contributed by atoms with Crippen molar-refractivity contribution in [3.05, 3.63) is 29.8 Å². The number of oxime groups is 1. The van der Waals surface area contributed by atoms with Gasteiger partial charge in [-0.2, -0.15) is 0 Å². The van der Waals surface area contributed by atoms with Crippen LogP contribution < -0.4 is 0 Å². The first-order valence-electron chi connectivity index (χ1n) is 3.64. The Morgan fingerprint density at radius 3 is 2.62 bits per heavy atom. The van der Waals surface area contributed by atoms with E-state index >= 15 is 0 Å². The zero-order chi connectivity index (χ0) is 10.1. The highest BCUT2D eigenvalue weighted by atomic mass is 19.1. The molecule has 0 amide bonds. The number of aliphatic hydroxyl groups excluding tert-OH is 1. The minimum Gasteiger partial charge on any atom is -0.411 e. The molecule has 0 aliphatic rings. The number of aliphatic hydroxyl groups is 1. The fourth-order valence-corrected chi connectivity index (χ4v) is 0.523. The van der Waals surface area contributed by atoms with Gasteiger partial charge in [-0.3, -0.25) is 4.98 Å². The molecule has 0 atom stereocenters. The van der Waals surface area contributed by atoms with Gasteiger partial charge in [0, 0.05) is 6.61 Å². The molecular formula is C8H11FN2O2. The van der Waals surface area contributed by atoms with Gasteiger partial charge in [0.2, 0.25) is 0 Å². The lowest BCUT2D eigenvalue weighted by atomic mass is 10.4. The summed E-state index contributed by atoms with van der Waals surface area (Å²) in [5.41, 5.74) is 0.420. The van der Waals surface area contributed by atoms with Crippen LogP contribution in [0, 0.1) is 5.82 Å². The van der Waals surface area contributed by atoms with Crippen molar-refractivity contribution in [2.45, 2.75) is 6.92 Å². The molecule has 72 valence electrons. The highest BCUT2D eigenvalue weighted by molar-refractivity contribution is 5.75. The molecule has 0 aliphatic carbocycles. The lowest BCUT2D eigenvalue weighted by Gasteiger charge is -1.87. The van der Waals surface area contributed by atoms with E-state index < -0.39 is 5.82 Å². The Bertz CT molecular complexity index is 249. The fourth-order valence-electron chi connectivity index (χ4n) is 0.523. The standard InChI is InChI=1S/C6H5FN2O.C2H6O/c7-5-1-2-6(4-9-10)8-3-5;1-2-3/h1-4,10H;3H,2H2,1H3. The first-order valence-corrected chi connectivity index (χ1v) is 3.64. The summed E-state index contributed by atoms with van der Waals surface area (Å²) in [5, 5.41) is 18.3. The molecule has 0 saturated carbocycles. The van der Waals surface area contributed by atoms with Crippen molar-refractivity contribution in [2.24, 2.45) is 5.16 Å². The average Bonchev–Trinajstić information content (AvgIpc) is 2.11. The Hall–Kier alpha value is -1.49. The van der Waals surface area contributed by atoms with Crippen molar-refractivity contribution in [1.82, 2.24) is 4.98 Å². The maximum absolute atomic E-state index is 12.2. The van der Waals surface area contributed by atoms with E-state index in [1.54, 1.807) is 6.92 Å². The van der Waals surface area contributed by atoms with Gasteiger partial charge in [0.15, 0.2) is 0 Å². The minimum atomic E-state index is -0.407. The third kappa shape index (κ3) is 5.75. The highest BCUT2D eigenvalue weighted by Gasteiger charge is 1.89. The maximum Gasteiger partial charge on any atom is 0.141 e. The second-order valence-electron chi connectivity index (χ2n) is 1.96. The van der Waals surface area contributed by atoms with E-state index in [1.165, 1.54) is 12.1 Å². The number of aromatic nitrogens is 1. The molecule has 13 heavy (non-hydrogen) atoms. The molecule has 1 aromatic heterocycles.